The van der Waals surface area contributed by atoms with Gasteiger partial charge in [0.2, 0.25) is 6.86 Å². The van der Waals surface area contributed by atoms with E-state index in [2.05, 4.69) is 44.1 Å². The van der Waals surface area contributed by atoms with Crippen LogP contribution in [0, 0.1) is 0 Å². The largest absolute Gasteiger partial charge is 0.486 e. The van der Waals surface area contributed by atoms with Crippen molar-refractivity contribution in [2.45, 2.75) is 32.4 Å². The predicted octanol–water partition coefficient (Wildman–Crippen LogP) is 5.84. The molecule has 1 unspecified atom stereocenters. The predicted molar refractivity (Wildman–Crippen MR) is 101 cm³/mol. The number of nitrogens with one attached hydrogen (secondary N) is 1. The van der Waals surface area contributed by atoms with Crippen molar-refractivity contribution >= 4 is 37.5 Å². The van der Waals surface area contributed by atoms with E-state index in [1.807, 2.05) is 18.2 Å². The highest BCUT2D eigenvalue weighted by Crippen LogP contribution is 2.44. The maximum absolute atomic E-state index is 12.2. The Labute approximate surface area is 157 Å². The molecule has 1 aliphatic heterocycles. The van der Waals surface area contributed by atoms with Crippen molar-refractivity contribution in [3.05, 3.63) is 50.4 Å². The van der Waals surface area contributed by atoms with Gasteiger partial charge in [-0.2, -0.15) is 0 Å². The third-order valence-electron chi connectivity index (χ3n) is 4.03. The highest BCUT2D eigenvalue weighted by Gasteiger charge is 2.23. The second-order valence-corrected chi connectivity index (χ2v) is 7.50. The molecular formula is C18H18Br2FNO2. The first kappa shape index (κ1) is 17.5. The van der Waals surface area contributed by atoms with Crippen LogP contribution in [0.25, 0.3) is 0 Å². The summed E-state index contributed by atoms with van der Waals surface area (Å²) in [4.78, 5) is 0. The fourth-order valence-corrected chi connectivity index (χ4v) is 4.23. The molecule has 0 spiro atoms. The summed E-state index contributed by atoms with van der Waals surface area (Å²) in [5.41, 5.74) is 3.29. The van der Waals surface area contributed by atoms with E-state index in [9.17, 15) is 4.39 Å². The molecule has 1 aliphatic rings. The van der Waals surface area contributed by atoms with E-state index in [1.165, 1.54) is 5.56 Å². The van der Waals surface area contributed by atoms with Crippen LogP contribution >= 0.6 is 31.9 Å². The van der Waals surface area contributed by atoms with Crippen LogP contribution in [0.15, 0.2) is 39.3 Å². The second-order valence-electron chi connectivity index (χ2n) is 5.79. The highest BCUT2D eigenvalue weighted by molar-refractivity contribution is 9.11. The number of rotatable bonds is 5. The Morgan fingerprint density at radius 2 is 1.92 bits per heavy atom. The fraction of sp³-hybridized carbons (Fsp3) is 0.333. The van der Waals surface area contributed by atoms with Crippen LogP contribution in [0.3, 0.4) is 0 Å². The Morgan fingerprint density at radius 1 is 1.17 bits per heavy atom. The molecule has 1 atom stereocenters. The van der Waals surface area contributed by atoms with Crippen molar-refractivity contribution in [1.29, 1.82) is 0 Å². The minimum absolute atomic E-state index is 0.415. The monoisotopic (exact) mass is 457 g/mol. The van der Waals surface area contributed by atoms with Gasteiger partial charge in [-0.3, -0.25) is 0 Å². The highest BCUT2D eigenvalue weighted by atomic mass is 79.9. The lowest BCUT2D eigenvalue weighted by Gasteiger charge is -2.28. The molecule has 0 aliphatic carbocycles. The van der Waals surface area contributed by atoms with Crippen LogP contribution in [0.2, 0.25) is 0 Å². The van der Waals surface area contributed by atoms with Crippen molar-refractivity contribution in [3.63, 3.8) is 0 Å². The Balaban J connectivity index is 1.80. The zero-order chi connectivity index (χ0) is 17.1. The summed E-state index contributed by atoms with van der Waals surface area (Å²) in [5.74, 6) is 1.34. The molecule has 0 bridgehead atoms. The Bertz CT molecular complexity index is 722. The molecule has 3 nitrogen and oxygen atoms in total. The maximum Gasteiger partial charge on any atom is 0.228 e. The van der Waals surface area contributed by atoms with Crippen molar-refractivity contribution in [2.24, 2.45) is 0 Å². The van der Waals surface area contributed by atoms with E-state index in [0.717, 1.165) is 38.8 Å². The van der Waals surface area contributed by atoms with Crippen molar-refractivity contribution < 1.29 is 13.9 Å². The van der Waals surface area contributed by atoms with E-state index in [4.69, 9.17) is 9.47 Å². The molecular weight excluding hydrogens is 441 g/mol. The average molecular weight is 459 g/mol. The van der Waals surface area contributed by atoms with Gasteiger partial charge in [0.25, 0.3) is 0 Å². The van der Waals surface area contributed by atoms with Crippen LogP contribution in [0.4, 0.5) is 10.1 Å². The first-order valence-corrected chi connectivity index (χ1v) is 9.35. The zero-order valence-corrected chi connectivity index (χ0v) is 16.4. The first-order valence-electron chi connectivity index (χ1n) is 7.76. The van der Waals surface area contributed by atoms with E-state index < -0.39 is 6.86 Å². The number of fused-ring (bicyclic) bond motifs is 1. The zero-order valence-electron chi connectivity index (χ0n) is 13.2. The van der Waals surface area contributed by atoms with Gasteiger partial charge >= 0.3 is 0 Å². The van der Waals surface area contributed by atoms with E-state index >= 15 is 0 Å². The van der Waals surface area contributed by atoms with Gasteiger partial charge < -0.3 is 14.8 Å². The topological polar surface area (TPSA) is 30.5 Å². The van der Waals surface area contributed by atoms with E-state index in [0.29, 0.717) is 18.4 Å². The van der Waals surface area contributed by atoms with Gasteiger partial charge in [-0.15, -0.1) is 0 Å². The van der Waals surface area contributed by atoms with E-state index in [1.54, 1.807) is 12.1 Å². The number of benzene rings is 2. The molecule has 0 saturated carbocycles. The van der Waals surface area contributed by atoms with Gasteiger partial charge in [-0.1, -0.05) is 28.1 Å². The molecule has 2 aromatic carbocycles. The normalized spacial score (nSPS) is 16.2. The fourth-order valence-electron chi connectivity index (χ4n) is 2.76. The lowest BCUT2D eigenvalue weighted by molar-refractivity contribution is 0.191. The molecule has 0 fully saturated rings. The van der Waals surface area contributed by atoms with Gasteiger partial charge in [-0.05, 0) is 65.0 Å². The lowest BCUT2D eigenvalue weighted by Crippen LogP contribution is -2.23. The molecule has 0 saturated heterocycles. The molecule has 24 heavy (non-hydrogen) atoms. The van der Waals surface area contributed by atoms with Gasteiger partial charge in [0.1, 0.15) is 12.4 Å². The van der Waals surface area contributed by atoms with Crippen molar-refractivity contribution in [1.82, 2.24) is 0 Å². The summed E-state index contributed by atoms with van der Waals surface area (Å²) in [6, 6.07) is 9.68. The third-order valence-corrected chi connectivity index (χ3v) is 5.33. The summed E-state index contributed by atoms with van der Waals surface area (Å²) >= 11 is 7.23. The van der Waals surface area contributed by atoms with Crippen LogP contribution in [-0.4, -0.2) is 12.9 Å². The minimum atomic E-state index is -0.822. The summed E-state index contributed by atoms with van der Waals surface area (Å²) in [7, 11) is 0. The molecule has 0 aromatic heterocycles. The molecule has 2 aromatic rings. The van der Waals surface area contributed by atoms with Crippen LogP contribution in [-0.2, 0) is 13.0 Å². The summed E-state index contributed by atoms with van der Waals surface area (Å²) < 4.78 is 25.0. The van der Waals surface area contributed by atoms with Crippen molar-refractivity contribution in [3.8, 4) is 11.5 Å². The number of hydrogen-bond donors (Lipinski definition) is 1. The first-order chi connectivity index (χ1) is 11.6. The SMILES string of the molecule is CC1CCc2c(Br)cc(Br)c(OCc3ccc(OCF)cc3)c2N1. The summed E-state index contributed by atoms with van der Waals surface area (Å²) in [5, 5.41) is 3.53. The molecule has 6 heteroatoms. The third kappa shape index (κ3) is 3.86. The molecule has 128 valence electrons. The number of anilines is 1. The summed E-state index contributed by atoms with van der Waals surface area (Å²) in [6.45, 7) is 1.78. The number of ether oxygens (including phenoxy) is 2. The molecule has 1 N–H and O–H groups in total. The molecule has 3 rings (SSSR count). The Morgan fingerprint density at radius 3 is 2.62 bits per heavy atom. The van der Waals surface area contributed by atoms with Gasteiger partial charge in [-0.25, -0.2) is 4.39 Å². The number of hydrogen-bond acceptors (Lipinski definition) is 3. The summed E-state index contributed by atoms with van der Waals surface area (Å²) in [6.07, 6.45) is 2.12. The van der Waals surface area contributed by atoms with Crippen LogP contribution < -0.4 is 14.8 Å². The maximum atomic E-state index is 12.2. The Hall–Kier alpha value is -1.27. The smallest absolute Gasteiger partial charge is 0.228 e. The number of alkyl halides is 1. The van der Waals surface area contributed by atoms with Crippen LogP contribution in [0.5, 0.6) is 11.5 Å². The Kier molecular flexibility index (Phi) is 5.66. The molecule has 0 amide bonds. The quantitative estimate of drug-likeness (QED) is 0.610. The standard InChI is InChI=1S/C18H18Br2FNO2/c1-11-2-7-14-15(19)8-16(20)18(17(14)22-11)23-9-12-3-5-13(6-4-12)24-10-21/h3-6,8,11,22H,2,7,9-10H2,1H3. The van der Waals surface area contributed by atoms with E-state index in [-0.39, 0.29) is 0 Å². The molecule has 0 radical (unpaired) electrons. The molecule has 1 heterocycles. The lowest BCUT2D eigenvalue weighted by atomic mass is 9.98. The minimum Gasteiger partial charge on any atom is -0.486 e. The van der Waals surface area contributed by atoms with Gasteiger partial charge in [0.15, 0.2) is 5.75 Å². The average Bonchev–Trinajstić information content (AvgIpc) is 2.56. The van der Waals surface area contributed by atoms with Gasteiger partial charge in [0.05, 0.1) is 10.2 Å². The van der Waals surface area contributed by atoms with Gasteiger partial charge in [0, 0.05) is 10.5 Å². The van der Waals surface area contributed by atoms with Crippen molar-refractivity contribution in [2.75, 3.05) is 12.2 Å². The number of halogens is 3. The van der Waals surface area contributed by atoms with Crippen LogP contribution in [0.1, 0.15) is 24.5 Å². The second kappa shape index (κ2) is 7.74.